The first-order chi connectivity index (χ1) is 8.63. The number of hydrogen-bond donors (Lipinski definition) is 1. The minimum atomic E-state index is -0.436. The zero-order chi connectivity index (χ0) is 13.4. The van der Waals surface area contributed by atoms with Crippen molar-refractivity contribution in [3.8, 4) is 11.8 Å². The number of benzene rings is 1. The molecule has 1 amide bonds. The number of hydrogen-bond acceptors (Lipinski definition) is 3. The van der Waals surface area contributed by atoms with Gasteiger partial charge in [0.05, 0.1) is 19.1 Å². The quantitative estimate of drug-likeness (QED) is 0.836. The highest BCUT2D eigenvalue weighted by Gasteiger charge is 2.14. The second-order valence-electron chi connectivity index (χ2n) is 4.33. The molecular weight excluding hydrogens is 228 g/mol. The molecule has 96 valence electrons. The van der Waals surface area contributed by atoms with E-state index in [4.69, 9.17) is 10.00 Å². The second-order valence-corrected chi connectivity index (χ2v) is 4.33. The highest BCUT2D eigenvalue weighted by Crippen LogP contribution is 2.08. The standard InChI is InChI=1S/C14H18N2O2/c1-11(2)13(10-15)16-14(17)8-9-18-12-6-4-3-5-7-12/h3-7,11,13H,8-9H2,1-2H3,(H,16,17). The van der Waals surface area contributed by atoms with Crippen LogP contribution in [0.3, 0.4) is 0 Å². The SMILES string of the molecule is CC(C)C(C#N)NC(=O)CCOc1ccccc1. The molecule has 0 aliphatic rings. The molecule has 4 heteroatoms. The molecule has 1 aromatic rings. The van der Waals surface area contributed by atoms with E-state index >= 15 is 0 Å². The van der Waals surface area contributed by atoms with Gasteiger partial charge in [-0.15, -0.1) is 0 Å². The lowest BCUT2D eigenvalue weighted by Crippen LogP contribution is -2.37. The molecule has 1 N–H and O–H groups in total. The molecule has 1 rings (SSSR count). The van der Waals surface area contributed by atoms with Crippen molar-refractivity contribution in [2.75, 3.05) is 6.61 Å². The van der Waals surface area contributed by atoms with Crippen molar-refractivity contribution in [1.29, 1.82) is 5.26 Å². The molecule has 0 fully saturated rings. The van der Waals surface area contributed by atoms with E-state index in [1.54, 1.807) is 0 Å². The van der Waals surface area contributed by atoms with Crippen molar-refractivity contribution < 1.29 is 9.53 Å². The molecule has 18 heavy (non-hydrogen) atoms. The third-order valence-corrected chi connectivity index (χ3v) is 2.46. The van der Waals surface area contributed by atoms with Crippen LogP contribution in [0.25, 0.3) is 0 Å². The summed E-state index contributed by atoms with van der Waals surface area (Å²) in [5.41, 5.74) is 0. The number of nitrogens with zero attached hydrogens (tertiary/aromatic N) is 1. The monoisotopic (exact) mass is 246 g/mol. The maximum atomic E-state index is 11.6. The summed E-state index contributed by atoms with van der Waals surface area (Å²) in [5.74, 6) is 0.686. The van der Waals surface area contributed by atoms with Crippen LogP contribution in [0.2, 0.25) is 0 Å². The zero-order valence-corrected chi connectivity index (χ0v) is 10.7. The van der Waals surface area contributed by atoms with Gasteiger partial charge in [0.1, 0.15) is 11.8 Å². The summed E-state index contributed by atoms with van der Waals surface area (Å²) in [6, 6.07) is 11.0. The van der Waals surface area contributed by atoms with Crippen LogP contribution < -0.4 is 10.1 Å². The minimum Gasteiger partial charge on any atom is -0.493 e. The molecule has 0 radical (unpaired) electrons. The van der Waals surface area contributed by atoms with Crippen molar-refractivity contribution in [1.82, 2.24) is 5.32 Å². The first-order valence-corrected chi connectivity index (χ1v) is 6.00. The van der Waals surface area contributed by atoms with Gasteiger partial charge in [-0.3, -0.25) is 4.79 Å². The molecule has 0 saturated heterocycles. The van der Waals surface area contributed by atoms with Gasteiger partial charge in [-0.1, -0.05) is 32.0 Å². The molecule has 1 atom stereocenters. The van der Waals surface area contributed by atoms with E-state index in [1.165, 1.54) is 0 Å². The predicted octanol–water partition coefficient (Wildman–Crippen LogP) is 2.12. The fourth-order valence-corrected chi connectivity index (χ4v) is 1.37. The van der Waals surface area contributed by atoms with Gasteiger partial charge in [0.15, 0.2) is 0 Å². The van der Waals surface area contributed by atoms with Crippen molar-refractivity contribution in [2.24, 2.45) is 5.92 Å². The number of nitriles is 1. The summed E-state index contributed by atoms with van der Waals surface area (Å²) in [7, 11) is 0. The molecule has 1 unspecified atom stereocenters. The fourth-order valence-electron chi connectivity index (χ4n) is 1.37. The van der Waals surface area contributed by atoms with Gasteiger partial charge in [-0.05, 0) is 18.1 Å². The van der Waals surface area contributed by atoms with E-state index in [0.29, 0.717) is 6.61 Å². The number of rotatable bonds is 6. The van der Waals surface area contributed by atoms with Crippen LogP contribution in [0.4, 0.5) is 0 Å². The number of ether oxygens (including phenoxy) is 1. The van der Waals surface area contributed by atoms with Crippen molar-refractivity contribution in [3.05, 3.63) is 30.3 Å². The third-order valence-electron chi connectivity index (χ3n) is 2.46. The van der Waals surface area contributed by atoms with Crippen LogP contribution >= 0.6 is 0 Å². The molecule has 0 aromatic heterocycles. The summed E-state index contributed by atoms with van der Waals surface area (Å²) in [6.07, 6.45) is 0.250. The van der Waals surface area contributed by atoms with E-state index in [-0.39, 0.29) is 18.2 Å². The number of para-hydroxylation sites is 1. The van der Waals surface area contributed by atoms with E-state index < -0.39 is 6.04 Å². The van der Waals surface area contributed by atoms with E-state index in [2.05, 4.69) is 11.4 Å². The van der Waals surface area contributed by atoms with Gasteiger partial charge in [0.2, 0.25) is 5.91 Å². The van der Waals surface area contributed by atoms with Crippen LogP contribution in [0.1, 0.15) is 20.3 Å². The van der Waals surface area contributed by atoms with E-state index in [1.807, 2.05) is 44.2 Å². The van der Waals surface area contributed by atoms with Gasteiger partial charge in [0.25, 0.3) is 0 Å². The lowest BCUT2D eigenvalue weighted by molar-refractivity contribution is -0.122. The maximum absolute atomic E-state index is 11.6. The molecule has 0 saturated carbocycles. The van der Waals surface area contributed by atoms with Crippen LogP contribution in [-0.4, -0.2) is 18.6 Å². The van der Waals surface area contributed by atoms with Gasteiger partial charge in [-0.2, -0.15) is 5.26 Å². The molecule has 0 bridgehead atoms. The highest BCUT2D eigenvalue weighted by molar-refractivity contribution is 5.76. The maximum Gasteiger partial charge on any atom is 0.224 e. The Labute approximate surface area is 108 Å². The molecular formula is C14H18N2O2. The third kappa shape index (κ3) is 4.88. The second kappa shape index (κ2) is 7.33. The normalized spacial score (nSPS) is 11.7. The Bertz CT molecular complexity index is 410. The zero-order valence-electron chi connectivity index (χ0n) is 10.7. The molecule has 0 aliphatic heterocycles. The number of carbonyl (C=O) groups excluding carboxylic acids is 1. The molecule has 4 nitrogen and oxygen atoms in total. The van der Waals surface area contributed by atoms with E-state index in [0.717, 1.165) is 5.75 Å². The van der Waals surface area contributed by atoms with Crippen LogP contribution in [-0.2, 0) is 4.79 Å². The Kier molecular flexibility index (Phi) is 5.72. The Morgan fingerprint density at radius 3 is 2.61 bits per heavy atom. The fraction of sp³-hybridized carbons (Fsp3) is 0.429. The van der Waals surface area contributed by atoms with Crippen LogP contribution in [0.5, 0.6) is 5.75 Å². The topological polar surface area (TPSA) is 62.1 Å². The Morgan fingerprint density at radius 1 is 1.39 bits per heavy atom. The smallest absolute Gasteiger partial charge is 0.224 e. The Balaban J connectivity index is 2.28. The van der Waals surface area contributed by atoms with Gasteiger partial charge < -0.3 is 10.1 Å². The average Bonchev–Trinajstić information content (AvgIpc) is 2.37. The highest BCUT2D eigenvalue weighted by atomic mass is 16.5. The van der Waals surface area contributed by atoms with Gasteiger partial charge >= 0.3 is 0 Å². The van der Waals surface area contributed by atoms with Crippen LogP contribution in [0.15, 0.2) is 30.3 Å². The largest absolute Gasteiger partial charge is 0.493 e. The average molecular weight is 246 g/mol. The first-order valence-electron chi connectivity index (χ1n) is 6.00. The summed E-state index contributed by atoms with van der Waals surface area (Å²) < 4.78 is 5.41. The lowest BCUT2D eigenvalue weighted by atomic mass is 10.1. The van der Waals surface area contributed by atoms with Crippen molar-refractivity contribution >= 4 is 5.91 Å². The van der Waals surface area contributed by atoms with Crippen molar-refractivity contribution in [2.45, 2.75) is 26.3 Å². The molecule has 0 aliphatic carbocycles. The Hall–Kier alpha value is -2.02. The number of nitrogens with one attached hydrogen (secondary N) is 1. The number of carbonyl (C=O) groups is 1. The molecule has 1 aromatic carbocycles. The summed E-state index contributed by atoms with van der Waals surface area (Å²) in [6.45, 7) is 4.11. The van der Waals surface area contributed by atoms with Gasteiger partial charge in [-0.25, -0.2) is 0 Å². The van der Waals surface area contributed by atoms with E-state index in [9.17, 15) is 4.79 Å². The lowest BCUT2D eigenvalue weighted by Gasteiger charge is -2.14. The Morgan fingerprint density at radius 2 is 2.06 bits per heavy atom. The van der Waals surface area contributed by atoms with Gasteiger partial charge in [0, 0.05) is 0 Å². The number of amides is 1. The summed E-state index contributed by atoms with van der Waals surface area (Å²) >= 11 is 0. The first kappa shape index (κ1) is 14.0. The molecule has 0 heterocycles. The molecule has 0 spiro atoms. The summed E-state index contributed by atoms with van der Waals surface area (Å²) in [5, 5.41) is 11.5. The van der Waals surface area contributed by atoms with Crippen molar-refractivity contribution in [3.63, 3.8) is 0 Å². The summed E-state index contributed by atoms with van der Waals surface area (Å²) in [4.78, 5) is 11.6. The van der Waals surface area contributed by atoms with Crippen LogP contribution in [0, 0.1) is 17.2 Å². The predicted molar refractivity (Wildman–Crippen MR) is 68.9 cm³/mol. The minimum absolute atomic E-state index is 0.106.